The van der Waals surface area contributed by atoms with Gasteiger partial charge in [0.15, 0.2) is 11.5 Å². The van der Waals surface area contributed by atoms with E-state index < -0.39 is 6.10 Å². The van der Waals surface area contributed by atoms with Crippen molar-refractivity contribution in [2.75, 3.05) is 20.8 Å². The molecule has 1 aromatic carbocycles. The van der Waals surface area contributed by atoms with Gasteiger partial charge in [0, 0.05) is 12.1 Å². The van der Waals surface area contributed by atoms with Gasteiger partial charge in [-0.1, -0.05) is 26.0 Å². The van der Waals surface area contributed by atoms with E-state index in [4.69, 9.17) is 9.47 Å². The van der Waals surface area contributed by atoms with E-state index in [0.29, 0.717) is 18.0 Å². The van der Waals surface area contributed by atoms with Crippen LogP contribution in [0.4, 0.5) is 0 Å². The Balaban J connectivity index is 2.83. The standard InChI is InChI=1S/C14H23NO3/c1-10(2)12(16)9-18-14-11(8-15-3)6-5-7-13(14)17-4/h5-7,10,12,15-16H,8-9H2,1-4H3. The summed E-state index contributed by atoms with van der Waals surface area (Å²) in [6.45, 7) is 4.90. The average Bonchev–Trinajstić information content (AvgIpc) is 2.36. The van der Waals surface area contributed by atoms with E-state index in [1.807, 2.05) is 39.1 Å². The highest BCUT2D eigenvalue weighted by atomic mass is 16.5. The Morgan fingerprint density at radius 2 is 2.06 bits per heavy atom. The van der Waals surface area contributed by atoms with Crippen molar-refractivity contribution < 1.29 is 14.6 Å². The number of hydrogen-bond donors (Lipinski definition) is 2. The van der Waals surface area contributed by atoms with Crippen molar-refractivity contribution in [2.24, 2.45) is 5.92 Å². The van der Waals surface area contributed by atoms with Gasteiger partial charge in [0.05, 0.1) is 13.2 Å². The zero-order valence-corrected chi connectivity index (χ0v) is 11.6. The lowest BCUT2D eigenvalue weighted by atomic mass is 10.1. The third-order valence-electron chi connectivity index (χ3n) is 2.82. The maximum Gasteiger partial charge on any atom is 0.165 e. The van der Waals surface area contributed by atoms with E-state index in [2.05, 4.69) is 5.32 Å². The van der Waals surface area contributed by atoms with Crippen LogP contribution in [0, 0.1) is 5.92 Å². The smallest absolute Gasteiger partial charge is 0.165 e. The number of hydrogen-bond acceptors (Lipinski definition) is 4. The second-order valence-corrected chi connectivity index (χ2v) is 4.60. The monoisotopic (exact) mass is 253 g/mol. The molecule has 1 rings (SSSR count). The van der Waals surface area contributed by atoms with Crippen LogP contribution in [-0.2, 0) is 6.54 Å². The lowest BCUT2D eigenvalue weighted by Crippen LogP contribution is -2.24. The molecule has 1 aromatic rings. The van der Waals surface area contributed by atoms with Gasteiger partial charge in [0.2, 0.25) is 0 Å². The Morgan fingerprint density at radius 1 is 1.33 bits per heavy atom. The molecule has 0 radical (unpaired) electrons. The molecule has 0 saturated heterocycles. The van der Waals surface area contributed by atoms with Gasteiger partial charge >= 0.3 is 0 Å². The summed E-state index contributed by atoms with van der Waals surface area (Å²) in [4.78, 5) is 0. The number of methoxy groups -OCH3 is 1. The van der Waals surface area contributed by atoms with Gasteiger partial charge < -0.3 is 19.9 Å². The quantitative estimate of drug-likeness (QED) is 0.778. The summed E-state index contributed by atoms with van der Waals surface area (Å²) in [7, 11) is 3.50. The first-order chi connectivity index (χ1) is 8.60. The molecule has 4 heteroatoms. The summed E-state index contributed by atoms with van der Waals surface area (Å²) in [5, 5.41) is 12.9. The van der Waals surface area contributed by atoms with Crippen molar-refractivity contribution in [1.82, 2.24) is 5.32 Å². The number of aliphatic hydroxyl groups excluding tert-OH is 1. The summed E-state index contributed by atoms with van der Waals surface area (Å²) in [6, 6.07) is 5.77. The van der Waals surface area contributed by atoms with Crippen molar-refractivity contribution in [3.8, 4) is 11.5 Å². The van der Waals surface area contributed by atoms with Crippen molar-refractivity contribution in [3.05, 3.63) is 23.8 Å². The summed E-state index contributed by atoms with van der Waals surface area (Å²) in [6.07, 6.45) is -0.475. The molecule has 4 nitrogen and oxygen atoms in total. The van der Waals surface area contributed by atoms with Crippen LogP contribution in [0.1, 0.15) is 19.4 Å². The predicted octanol–water partition coefficient (Wildman–Crippen LogP) is 1.81. The number of para-hydroxylation sites is 1. The zero-order chi connectivity index (χ0) is 13.5. The van der Waals surface area contributed by atoms with Crippen LogP contribution in [0.25, 0.3) is 0 Å². The van der Waals surface area contributed by atoms with Gasteiger partial charge in [-0.3, -0.25) is 0 Å². The summed E-state index contributed by atoms with van der Waals surface area (Å²) in [5.41, 5.74) is 1.02. The van der Waals surface area contributed by atoms with Crippen molar-refractivity contribution in [3.63, 3.8) is 0 Å². The van der Waals surface area contributed by atoms with Crippen LogP contribution in [0.2, 0.25) is 0 Å². The molecule has 0 saturated carbocycles. The highest BCUT2D eigenvalue weighted by molar-refractivity contribution is 5.46. The molecule has 0 fully saturated rings. The molecule has 2 N–H and O–H groups in total. The fourth-order valence-corrected chi connectivity index (χ4v) is 1.58. The molecule has 102 valence electrons. The fraction of sp³-hybridized carbons (Fsp3) is 0.571. The van der Waals surface area contributed by atoms with E-state index in [-0.39, 0.29) is 12.5 Å². The Kier molecular flexibility index (Phi) is 5.95. The fourth-order valence-electron chi connectivity index (χ4n) is 1.58. The third-order valence-corrected chi connectivity index (χ3v) is 2.82. The Bertz CT molecular complexity index is 366. The SMILES string of the molecule is CNCc1cccc(OC)c1OCC(O)C(C)C. The number of rotatable bonds is 7. The second kappa shape index (κ2) is 7.24. The normalized spacial score (nSPS) is 12.6. The van der Waals surface area contributed by atoms with Crippen LogP contribution in [-0.4, -0.2) is 32.0 Å². The molecule has 0 bridgehead atoms. The van der Waals surface area contributed by atoms with Crippen LogP contribution >= 0.6 is 0 Å². The van der Waals surface area contributed by atoms with Gasteiger partial charge in [-0.2, -0.15) is 0 Å². The topological polar surface area (TPSA) is 50.7 Å². The summed E-state index contributed by atoms with van der Waals surface area (Å²) in [5.74, 6) is 1.57. The zero-order valence-electron chi connectivity index (χ0n) is 11.6. The number of ether oxygens (including phenoxy) is 2. The van der Waals surface area contributed by atoms with Crippen molar-refractivity contribution in [2.45, 2.75) is 26.5 Å². The van der Waals surface area contributed by atoms with E-state index in [0.717, 1.165) is 5.56 Å². The second-order valence-electron chi connectivity index (χ2n) is 4.60. The minimum Gasteiger partial charge on any atom is -0.493 e. The maximum atomic E-state index is 9.79. The van der Waals surface area contributed by atoms with E-state index in [1.165, 1.54) is 0 Å². The average molecular weight is 253 g/mol. The van der Waals surface area contributed by atoms with Gasteiger partial charge in [0.25, 0.3) is 0 Å². The highest BCUT2D eigenvalue weighted by Crippen LogP contribution is 2.31. The van der Waals surface area contributed by atoms with E-state index in [1.54, 1.807) is 7.11 Å². The van der Waals surface area contributed by atoms with Crippen molar-refractivity contribution >= 4 is 0 Å². The first kappa shape index (κ1) is 14.8. The molecule has 0 aliphatic rings. The van der Waals surface area contributed by atoms with Gasteiger partial charge in [0.1, 0.15) is 6.61 Å². The van der Waals surface area contributed by atoms with Crippen LogP contribution in [0.3, 0.4) is 0 Å². The van der Waals surface area contributed by atoms with E-state index in [9.17, 15) is 5.11 Å². The maximum absolute atomic E-state index is 9.79. The molecule has 0 amide bonds. The first-order valence-corrected chi connectivity index (χ1v) is 6.21. The highest BCUT2D eigenvalue weighted by Gasteiger charge is 2.14. The van der Waals surface area contributed by atoms with Crippen molar-refractivity contribution in [1.29, 1.82) is 0 Å². The minimum absolute atomic E-state index is 0.174. The summed E-state index contributed by atoms with van der Waals surface area (Å²) >= 11 is 0. The van der Waals surface area contributed by atoms with Crippen LogP contribution in [0.5, 0.6) is 11.5 Å². The molecule has 1 unspecified atom stereocenters. The van der Waals surface area contributed by atoms with Gasteiger partial charge in [-0.05, 0) is 19.0 Å². The molecule has 0 spiro atoms. The molecular weight excluding hydrogens is 230 g/mol. The largest absolute Gasteiger partial charge is 0.493 e. The minimum atomic E-state index is -0.475. The first-order valence-electron chi connectivity index (χ1n) is 6.21. The van der Waals surface area contributed by atoms with Crippen LogP contribution in [0.15, 0.2) is 18.2 Å². The molecule has 1 atom stereocenters. The number of aliphatic hydroxyl groups is 1. The molecule has 0 heterocycles. The number of nitrogens with one attached hydrogen (secondary N) is 1. The molecular formula is C14H23NO3. The Labute approximate surface area is 109 Å². The lowest BCUT2D eigenvalue weighted by Gasteiger charge is -2.19. The molecule has 0 aromatic heterocycles. The Morgan fingerprint density at radius 3 is 2.61 bits per heavy atom. The van der Waals surface area contributed by atoms with Crippen LogP contribution < -0.4 is 14.8 Å². The summed E-state index contributed by atoms with van der Waals surface area (Å²) < 4.78 is 11.0. The third kappa shape index (κ3) is 3.89. The van der Waals surface area contributed by atoms with E-state index >= 15 is 0 Å². The lowest BCUT2D eigenvalue weighted by molar-refractivity contribution is 0.0685. The van der Waals surface area contributed by atoms with Gasteiger partial charge in [-0.25, -0.2) is 0 Å². The van der Waals surface area contributed by atoms with Gasteiger partial charge in [-0.15, -0.1) is 0 Å². The molecule has 18 heavy (non-hydrogen) atoms. The molecule has 0 aliphatic carbocycles. The molecule has 0 aliphatic heterocycles. The predicted molar refractivity (Wildman–Crippen MR) is 72.1 cm³/mol. The number of benzene rings is 1. The Hall–Kier alpha value is -1.26.